The lowest BCUT2D eigenvalue weighted by atomic mass is 9.89. The zero-order valence-electron chi connectivity index (χ0n) is 16.5. The maximum Gasteiger partial charge on any atom is 0.0475 e. The van der Waals surface area contributed by atoms with Crippen LogP contribution >= 0.6 is 0 Å². The molecule has 0 bridgehead atoms. The second-order valence-corrected chi connectivity index (χ2v) is 7.25. The molecule has 0 N–H and O–H groups in total. The summed E-state index contributed by atoms with van der Waals surface area (Å²) in [4.78, 5) is 0. The van der Waals surface area contributed by atoms with Crippen LogP contribution in [0.4, 0.5) is 0 Å². The predicted octanol–water partition coefficient (Wildman–Crippen LogP) is 7.37. The van der Waals surface area contributed by atoms with Gasteiger partial charge in [0.25, 0.3) is 0 Å². The van der Waals surface area contributed by atoms with Gasteiger partial charge in [-0.3, -0.25) is 0 Å². The maximum absolute atomic E-state index is 5.95. The molecule has 0 saturated heterocycles. The first-order valence-electron chi connectivity index (χ1n) is 10.6. The van der Waals surface area contributed by atoms with Gasteiger partial charge in [-0.05, 0) is 24.0 Å². The molecule has 0 radical (unpaired) electrons. The number of hydrogen-bond donors (Lipinski definition) is 0. The zero-order chi connectivity index (χ0) is 18.3. The Balaban J connectivity index is 1.64. The van der Waals surface area contributed by atoms with Crippen molar-refractivity contribution >= 4 is 0 Å². The molecular weight excluding hydrogens is 316 g/mol. The van der Waals surface area contributed by atoms with E-state index in [4.69, 9.17) is 4.74 Å². The van der Waals surface area contributed by atoms with E-state index in [1.807, 2.05) is 0 Å². The lowest BCUT2D eigenvalue weighted by molar-refractivity contribution is 0.125. The third kappa shape index (κ3) is 8.19. The van der Waals surface area contributed by atoms with E-state index in [0.717, 1.165) is 19.6 Å². The van der Waals surface area contributed by atoms with Crippen LogP contribution in [0.3, 0.4) is 0 Å². The summed E-state index contributed by atoms with van der Waals surface area (Å²) in [6.45, 7) is 4.02. The van der Waals surface area contributed by atoms with Gasteiger partial charge in [0, 0.05) is 19.1 Å². The first kappa shape index (κ1) is 20.7. The fourth-order valence-corrected chi connectivity index (χ4v) is 3.54. The van der Waals surface area contributed by atoms with E-state index in [0.29, 0.717) is 5.92 Å². The molecule has 0 aliphatic rings. The molecule has 2 aromatic carbocycles. The summed E-state index contributed by atoms with van der Waals surface area (Å²) in [5.41, 5.74) is 2.77. The highest BCUT2D eigenvalue weighted by Crippen LogP contribution is 2.27. The molecule has 0 saturated carbocycles. The van der Waals surface area contributed by atoms with Crippen molar-refractivity contribution in [2.24, 2.45) is 0 Å². The van der Waals surface area contributed by atoms with Crippen LogP contribution in [0.15, 0.2) is 60.7 Å². The van der Waals surface area contributed by atoms with Crippen LogP contribution in [-0.2, 0) is 4.74 Å². The second-order valence-electron chi connectivity index (χ2n) is 7.25. The van der Waals surface area contributed by atoms with E-state index in [1.165, 1.54) is 62.5 Å². The standard InChI is InChI=1S/C25H36O/c1-2-3-4-5-6-7-8-15-21-26-22-20-25(23-16-11-9-12-17-23)24-18-13-10-14-19-24/h9-14,16-19,25H,2-8,15,20-22H2,1H3. The van der Waals surface area contributed by atoms with Crippen LogP contribution in [0.2, 0.25) is 0 Å². The molecule has 0 atom stereocenters. The van der Waals surface area contributed by atoms with Crippen LogP contribution < -0.4 is 0 Å². The van der Waals surface area contributed by atoms with Crippen LogP contribution in [0, 0.1) is 0 Å². The summed E-state index contributed by atoms with van der Waals surface area (Å²) in [5.74, 6) is 0.427. The average Bonchev–Trinajstić information content (AvgIpc) is 2.70. The van der Waals surface area contributed by atoms with Crippen LogP contribution in [-0.4, -0.2) is 13.2 Å². The van der Waals surface area contributed by atoms with Gasteiger partial charge in [-0.15, -0.1) is 0 Å². The lowest BCUT2D eigenvalue weighted by Crippen LogP contribution is -2.06. The Morgan fingerprint density at radius 2 is 1.12 bits per heavy atom. The Morgan fingerprint density at radius 3 is 1.65 bits per heavy atom. The first-order valence-corrected chi connectivity index (χ1v) is 10.6. The van der Waals surface area contributed by atoms with Gasteiger partial charge in [-0.2, -0.15) is 0 Å². The molecule has 0 aliphatic heterocycles. The fourth-order valence-electron chi connectivity index (χ4n) is 3.54. The summed E-state index contributed by atoms with van der Waals surface area (Å²) in [7, 11) is 0. The van der Waals surface area contributed by atoms with Gasteiger partial charge >= 0.3 is 0 Å². The van der Waals surface area contributed by atoms with E-state index < -0.39 is 0 Å². The van der Waals surface area contributed by atoms with Crippen molar-refractivity contribution in [3.63, 3.8) is 0 Å². The molecule has 1 heteroatoms. The Hall–Kier alpha value is -1.60. The van der Waals surface area contributed by atoms with Gasteiger partial charge in [0.2, 0.25) is 0 Å². The third-order valence-corrected chi connectivity index (χ3v) is 5.10. The Labute approximate surface area is 160 Å². The number of hydrogen-bond acceptors (Lipinski definition) is 1. The number of benzene rings is 2. The summed E-state index contributed by atoms with van der Waals surface area (Å²) in [6.07, 6.45) is 11.9. The van der Waals surface area contributed by atoms with Gasteiger partial charge in [0.05, 0.1) is 0 Å². The molecule has 1 nitrogen and oxygen atoms in total. The lowest BCUT2D eigenvalue weighted by Gasteiger charge is -2.18. The van der Waals surface area contributed by atoms with E-state index in [9.17, 15) is 0 Å². The highest BCUT2D eigenvalue weighted by molar-refractivity contribution is 5.32. The highest BCUT2D eigenvalue weighted by atomic mass is 16.5. The zero-order valence-corrected chi connectivity index (χ0v) is 16.5. The third-order valence-electron chi connectivity index (χ3n) is 5.10. The topological polar surface area (TPSA) is 9.23 Å². The van der Waals surface area contributed by atoms with Crippen LogP contribution in [0.25, 0.3) is 0 Å². The number of rotatable bonds is 14. The van der Waals surface area contributed by atoms with E-state index in [-0.39, 0.29) is 0 Å². The maximum atomic E-state index is 5.95. The summed E-state index contributed by atoms with van der Waals surface area (Å²) in [6, 6.07) is 21.6. The molecule has 0 amide bonds. The fraction of sp³-hybridized carbons (Fsp3) is 0.520. The van der Waals surface area contributed by atoms with E-state index in [1.54, 1.807) is 0 Å². The SMILES string of the molecule is CCCCCCCCCCOCCC(c1ccccc1)c1ccccc1. The van der Waals surface area contributed by atoms with Gasteiger partial charge < -0.3 is 4.74 Å². The van der Waals surface area contributed by atoms with Gasteiger partial charge in [-0.25, -0.2) is 0 Å². The minimum atomic E-state index is 0.427. The van der Waals surface area contributed by atoms with Gasteiger partial charge in [0.15, 0.2) is 0 Å². The van der Waals surface area contributed by atoms with E-state index in [2.05, 4.69) is 67.6 Å². The molecule has 2 rings (SSSR count). The van der Waals surface area contributed by atoms with Crippen molar-refractivity contribution < 1.29 is 4.74 Å². The van der Waals surface area contributed by atoms with Crippen molar-refractivity contribution in [1.29, 1.82) is 0 Å². The van der Waals surface area contributed by atoms with Crippen LogP contribution in [0.5, 0.6) is 0 Å². The average molecular weight is 353 g/mol. The number of ether oxygens (including phenoxy) is 1. The summed E-state index contributed by atoms with van der Waals surface area (Å²) >= 11 is 0. The molecule has 0 unspecified atom stereocenters. The molecule has 0 aliphatic carbocycles. The van der Waals surface area contributed by atoms with Crippen molar-refractivity contribution in [1.82, 2.24) is 0 Å². The minimum Gasteiger partial charge on any atom is -0.381 e. The van der Waals surface area contributed by atoms with Crippen molar-refractivity contribution in [2.45, 2.75) is 70.6 Å². The Bertz CT molecular complexity index is 509. The second kappa shape index (κ2) is 13.6. The molecule has 0 aromatic heterocycles. The Morgan fingerprint density at radius 1 is 0.615 bits per heavy atom. The molecule has 2 aromatic rings. The van der Waals surface area contributed by atoms with Crippen LogP contribution in [0.1, 0.15) is 81.8 Å². The molecule has 0 spiro atoms. The molecule has 0 heterocycles. The first-order chi connectivity index (χ1) is 12.9. The van der Waals surface area contributed by atoms with Crippen molar-refractivity contribution in [3.05, 3.63) is 71.8 Å². The quantitative estimate of drug-likeness (QED) is 0.323. The smallest absolute Gasteiger partial charge is 0.0475 e. The highest BCUT2D eigenvalue weighted by Gasteiger charge is 2.13. The minimum absolute atomic E-state index is 0.427. The molecule has 142 valence electrons. The molecular formula is C25H36O. The summed E-state index contributed by atoms with van der Waals surface area (Å²) in [5, 5.41) is 0. The predicted molar refractivity (Wildman–Crippen MR) is 113 cm³/mol. The molecule has 0 fully saturated rings. The Kier molecular flexibility index (Phi) is 10.8. The van der Waals surface area contributed by atoms with Gasteiger partial charge in [-0.1, -0.05) is 113 Å². The van der Waals surface area contributed by atoms with Crippen molar-refractivity contribution in [2.75, 3.05) is 13.2 Å². The van der Waals surface area contributed by atoms with Crippen molar-refractivity contribution in [3.8, 4) is 0 Å². The summed E-state index contributed by atoms with van der Waals surface area (Å²) < 4.78 is 5.95. The largest absolute Gasteiger partial charge is 0.381 e. The van der Waals surface area contributed by atoms with E-state index >= 15 is 0 Å². The van der Waals surface area contributed by atoms with Gasteiger partial charge in [0.1, 0.15) is 0 Å². The monoisotopic (exact) mass is 352 g/mol. The normalized spacial score (nSPS) is 11.2. The molecule has 26 heavy (non-hydrogen) atoms. The number of unbranched alkanes of at least 4 members (excludes halogenated alkanes) is 7.